The number of hydrogen-bond donors (Lipinski definition) is 2. The normalized spacial score (nSPS) is 28.7. The zero-order valence-electron chi connectivity index (χ0n) is 10.2. The third-order valence-electron chi connectivity index (χ3n) is 4.15. The Balaban J connectivity index is 1.63. The number of ether oxygens (including phenoxy) is 1. The molecule has 2 rings (SSSR count). The molecule has 0 amide bonds. The maximum Gasteiger partial charge on any atom is 0.0497 e. The Morgan fingerprint density at radius 3 is 2.69 bits per heavy atom. The quantitative estimate of drug-likeness (QED) is 0.723. The minimum atomic E-state index is 0.320. The summed E-state index contributed by atoms with van der Waals surface area (Å²) in [6, 6.07) is 0.766. The van der Waals surface area contributed by atoms with Crippen LogP contribution in [0.4, 0.5) is 0 Å². The van der Waals surface area contributed by atoms with Gasteiger partial charge in [-0.05, 0) is 50.5 Å². The molecule has 2 aliphatic rings. The van der Waals surface area contributed by atoms with Gasteiger partial charge in [0.2, 0.25) is 0 Å². The molecular formula is C13H25NO2. The summed E-state index contributed by atoms with van der Waals surface area (Å²) in [5, 5.41) is 13.0. The van der Waals surface area contributed by atoms with E-state index in [1.165, 1.54) is 25.7 Å². The average Bonchev–Trinajstić information content (AvgIpc) is 2.28. The van der Waals surface area contributed by atoms with Gasteiger partial charge in [0.1, 0.15) is 0 Å². The van der Waals surface area contributed by atoms with E-state index in [9.17, 15) is 5.11 Å². The van der Waals surface area contributed by atoms with E-state index in [2.05, 4.69) is 5.32 Å². The van der Waals surface area contributed by atoms with Crippen molar-refractivity contribution in [3.05, 3.63) is 0 Å². The van der Waals surface area contributed by atoms with Crippen LogP contribution in [0.1, 0.15) is 38.5 Å². The molecule has 1 saturated heterocycles. The Hall–Kier alpha value is -0.120. The summed E-state index contributed by atoms with van der Waals surface area (Å²) < 4.78 is 5.49. The molecule has 0 aromatic heterocycles. The van der Waals surface area contributed by atoms with Gasteiger partial charge in [-0.25, -0.2) is 0 Å². The monoisotopic (exact) mass is 227 g/mol. The van der Waals surface area contributed by atoms with E-state index in [0.29, 0.717) is 18.4 Å². The molecule has 0 spiro atoms. The highest BCUT2D eigenvalue weighted by molar-refractivity contribution is 4.78. The Morgan fingerprint density at radius 2 is 2.12 bits per heavy atom. The number of hydrogen-bond acceptors (Lipinski definition) is 3. The van der Waals surface area contributed by atoms with Crippen molar-refractivity contribution < 1.29 is 9.84 Å². The van der Waals surface area contributed by atoms with Gasteiger partial charge in [0.15, 0.2) is 0 Å². The van der Waals surface area contributed by atoms with E-state index in [-0.39, 0.29) is 0 Å². The molecule has 1 heterocycles. The third-order valence-corrected chi connectivity index (χ3v) is 4.15. The van der Waals surface area contributed by atoms with Gasteiger partial charge in [0.05, 0.1) is 0 Å². The Bertz CT molecular complexity index is 188. The Labute approximate surface area is 98.6 Å². The van der Waals surface area contributed by atoms with Crippen molar-refractivity contribution in [3.8, 4) is 0 Å². The Kier molecular flexibility index (Phi) is 5.07. The van der Waals surface area contributed by atoms with Crippen molar-refractivity contribution >= 4 is 0 Å². The first-order valence-electron chi connectivity index (χ1n) is 6.82. The molecule has 94 valence electrons. The number of nitrogens with one attached hydrogen (secondary N) is 1. The molecule has 2 fully saturated rings. The van der Waals surface area contributed by atoms with Gasteiger partial charge < -0.3 is 15.2 Å². The summed E-state index contributed by atoms with van der Waals surface area (Å²) in [7, 11) is 0. The maximum atomic E-state index is 9.43. The van der Waals surface area contributed by atoms with Crippen molar-refractivity contribution in [1.82, 2.24) is 5.32 Å². The lowest BCUT2D eigenvalue weighted by molar-refractivity contribution is 0.0140. The van der Waals surface area contributed by atoms with Crippen LogP contribution in [0, 0.1) is 11.8 Å². The summed E-state index contributed by atoms with van der Waals surface area (Å²) in [6.07, 6.45) is 7.57. The van der Waals surface area contributed by atoms with Gasteiger partial charge in [-0.15, -0.1) is 0 Å². The SMILES string of the molecule is OCC(CCNC1CCC1)C1CCCOC1. The van der Waals surface area contributed by atoms with Crippen LogP contribution in [0.5, 0.6) is 0 Å². The van der Waals surface area contributed by atoms with Crippen LogP contribution in [-0.2, 0) is 4.74 Å². The molecule has 0 aromatic rings. The molecule has 1 aliphatic carbocycles. The zero-order valence-corrected chi connectivity index (χ0v) is 10.2. The molecule has 0 radical (unpaired) electrons. The van der Waals surface area contributed by atoms with E-state index < -0.39 is 0 Å². The highest BCUT2D eigenvalue weighted by atomic mass is 16.5. The van der Waals surface area contributed by atoms with Crippen LogP contribution in [0.15, 0.2) is 0 Å². The fourth-order valence-electron chi connectivity index (χ4n) is 2.70. The summed E-state index contributed by atoms with van der Waals surface area (Å²) in [5.41, 5.74) is 0. The molecule has 1 aliphatic heterocycles. The van der Waals surface area contributed by atoms with Gasteiger partial charge in [-0.1, -0.05) is 6.42 Å². The van der Waals surface area contributed by atoms with E-state index in [1.54, 1.807) is 0 Å². The summed E-state index contributed by atoms with van der Waals surface area (Å²) in [4.78, 5) is 0. The largest absolute Gasteiger partial charge is 0.396 e. The van der Waals surface area contributed by atoms with Gasteiger partial charge in [-0.3, -0.25) is 0 Å². The van der Waals surface area contributed by atoms with Crippen molar-refractivity contribution in [3.63, 3.8) is 0 Å². The summed E-state index contributed by atoms with van der Waals surface area (Å²) >= 11 is 0. The fourth-order valence-corrected chi connectivity index (χ4v) is 2.70. The molecule has 3 nitrogen and oxygen atoms in total. The second-order valence-electron chi connectivity index (χ2n) is 5.29. The van der Waals surface area contributed by atoms with Crippen LogP contribution >= 0.6 is 0 Å². The first-order chi connectivity index (χ1) is 7.90. The number of aliphatic hydroxyl groups is 1. The lowest BCUT2D eigenvalue weighted by Gasteiger charge is -2.31. The van der Waals surface area contributed by atoms with Gasteiger partial charge >= 0.3 is 0 Å². The zero-order chi connectivity index (χ0) is 11.2. The lowest BCUT2D eigenvalue weighted by Crippen LogP contribution is -2.37. The summed E-state index contributed by atoms with van der Waals surface area (Å²) in [6.45, 7) is 3.15. The van der Waals surface area contributed by atoms with Crippen molar-refractivity contribution in [2.75, 3.05) is 26.4 Å². The summed E-state index contributed by atoms with van der Waals surface area (Å²) in [5.74, 6) is 1.02. The third kappa shape index (κ3) is 3.44. The predicted molar refractivity (Wildman–Crippen MR) is 64.4 cm³/mol. The van der Waals surface area contributed by atoms with Crippen molar-refractivity contribution in [2.24, 2.45) is 11.8 Å². The molecule has 16 heavy (non-hydrogen) atoms. The molecule has 1 saturated carbocycles. The highest BCUT2D eigenvalue weighted by Crippen LogP contribution is 2.25. The highest BCUT2D eigenvalue weighted by Gasteiger charge is 2.24. The Morgan fingerprint density at radius 1 is 1.25 bits per heavy atom. The van der Waals surface area contributed by atoms with Crippen LogP contribution in [0.25, 0.3) is 0 Å². The first-order valence-corrected chi connectivity index (χ1v) is 6.82. The first kappa shape index (κ1) is 12.3. The average molecular weight is 227 g/mol. The van der Waals surface area contributed by atoms with Crippen LogP contribution in [-0.4, -0.2) is 37.5 Å². The smallest absolute Gasteiger partial charge is 0.0497 e. The van der Waals surface area contributed by atoms with Gasteiger partial charge in [0, 0.05) is 25.9 Å². The van der Waals surface area contributed by atoms with Gasteiger partial charge in [-0.2, -0.15) is 0 Å². The van der Waals surface area contributed by atoms with Crippen LogP contribution in [0.3, 0.4) is 0 Å². The lowest BCUT2D eigenvalue weighted by atomic mass is 9.85. The molecule has 0 aromatic carbocycles. The molecule has 2 unspecified atom stereocenters. The second kappa shape index (κ2) is 6.58. The molecule has 3 heteroatoms. The van der Waals surface area contributed by atoms with E-state index in [1.807, 2.05) is 0 Å². The topological polar surface area (TPSA) is 41.5 Å². The molecular weight excluding hydrogens is 202 g/mol. The van der Waals surface area contributed by atoms with E-state index >= 15 is 0 Å². The molecule has 2 atom stereocenters. The maximum absolute atomic E-state index is 9.43. The fraction of sp³-hybridized carbons (Fsp3) is 1.00. The van der Waals surface area contributed by atoms with Crippen LogP contribution in [0.2, 0.25) is 0 Å². The molecule has 0 bridgehead atoms. The van der Waals surface area contributed by atoms with Gasteiger partial charge in [0.25, 0.3) is 0 Å². The minimum absolute atomic E-state index is 0.320. The van der Waals surface area contributed by atoms with E-state index in [4.69, 9.17) is 4.74 Å². The second-order valence-corrected chi connectivity index (χ2v) is 5.29. The van der Waals surface area contributed by atoms with Crippen LogP contribution < -0.4 is 5.32 Å². The predicted octanol–water partition coefficient (Wildman–Crippen LogP) is 1.55. The van der Waals surface area contributed by atoms with E-state index in [0.717, 1.165) is 38.6 Å². The standard InChI is InChI=1S/C13H25NO2/c15-9-11(12-3-2-8-16-10-12)6-7-14-13-4-1-5-13/h11-15H,1-10H2. The number of rotatable bonds is 6. The van der Waals surface area contributed by atoms with Crippen molar-refractivity contribution in [2.45, 2.75) is 44.6 Å². The van der Waals surface area contributed by atoms with Crippen molar-refractivity contribution in [1.29, 1.82) is 0 Å². The number of aliphatic hydroxyl groups excluding tert-OH is 1. The minimum Gasteiger partial charge on any atom is -0.396 e. The molecule has 2 N–H and O–H groups in total.